The zero-order chi connectivity index (χ0) is 17.4. The molecule has 2 aromatic carbocycles. The van der Waals surface area contributed by atoms with Gasteiger partial charge in [-0.3, -0.25) is 9.59 Å². The summed E-state index contributed by atoms with van der Waals surface area (Å²) >= 11 is 0. The number of anilines is 1. The molecule has 0 radical (unpaired) electrons. The molecule has 0 spiro atoms. The van der Waals surface area contributed by atoms with E-state index in [0.29, 0.717) is 6.54 Å². The number of hydrogen-bond donors (Lipinski definition) is 2. The number of hydrogen-bond acceptors (Lipinski definition) is 2. The molecule has 2 N–H and O–H groups in total. The van der Waals surface area contributed by atoms with Gasteiger partial charge >= 0.3 is 0 Å². The number of carbonyl (C=O) groups is 2. The highest BCUT2D eigenvalue weighted by molar-refractivity contribution is 6.04. The third-order valence-electron chi connectivity index (χ3n) is 3.90. The van der Waals surface area contributed by atoms with Gasteiger partial charge in [0.15, 0.2) is 0 Å². The minimum Gasteiger partial charge on any atom is -0.355 e. The third kappa shape index (κ3) is 5.23. The van der Waals surface area contributed by atoms with Gasteiger partial charge in [0.05, 0.1) is 0 Å². The van der Waals surface area contributed by atoms with Crippen molar-refractivity contribution < 1.29 is 9.59 Å². The Hall–Kier alpha value is -2.62. The van der Waals surface area contributed by atoms with Gasteiger partial charge in [0.1, 0.15) is 6.42 Å². The van der Waals surface area contributed by atoms with Crippen molar-refractivity contribution in [3.63, 3.8) is 0 Å². The van der Waals surface area contributed by atoms with Crippen LogP contribution in [0, 0.1) is 6.92 Å². The maximum atomic E-state index is 12.1. The Labute approximate surface area is 143 Å². The molecular formula is C20H24N2O2. The van der Waals surface area contributed by atoms with Gasteiger partial charge < -0.3 is 10.6 Å². The van der Waals surface area contributed by atoms with Crippen LogP contribution < -0.4 is 10.6 Å². The van der Waals surface area contributed by atoms with Crippen LogP contribution in [0.25, 0.3) is 0 Å². The Kier molecular flexibility index (Phi) is 6.55. The number of carbonyl (C=O) groups excluding carboxylic acids is 2. The van der Waals surface area contributed by atoms with Crippen molar-refractivity contribution in [2.45, 2.75) is 33.1 Å². The van der Waals surface area contributed by atoms with Crippen molar-refractivity contribution in [3.8, 4) is 0 Å². The van der Waals surface area contributed by atoms with Gasteiger partial charge in [0.2, 0.25) is 11.8 Å². The van der Waals surface area contributed by atoms with Crippen LogP contribution in [0.3, 0.4) is 0 Å². The molecule has 0 bridgehead atoms. The van der Waals surface area contributed by atoms with Crippen molar-refractivity contribution in [2.24, 2.45) is 0 Å². The van der Waals surface area contributed by atoms with Crippen LogP contribution in [0.5, 0.6) is 0 Å². The lowest BCUT2D eigenvalue weighted by Gasteiger charge is -2.13. The Morgan fingerprint density at radius 1 is 0.958 bits per heavy atom. The smallest absolute Gasteiger partial charge is 0.233 e. The lowest BCUT2D eigenvalue weighted by Crippen LogP contribution is -2.30. The zero-order valence-electron chi connectivity index (χ0n) is 14.3. The highest BCUT2D eigenvalue weighted by Gasteiger charge is 2.12. The molecule has 0 saturated carbocycles. The molecule has 0 aliphatic heterocycles. The van der Waals surface area contributed by atoms with Gasteiger partial charge in [-0.05, 0) is 36.5 Å². The van der Waals surface area contributed by atoms with E-state index in [1.54, 1.807) is 0 Å². The summed E-state index contributed by atoms with van der Waals surface area (Å²) in [6.45, 7) is 4.52. The van der Waals surface area contributed by atoms with E-state index in [0.717, 1.165) is 35.2 Å². The van der Waals surface area contributed by atoms with E-state index in [1.807, 2.05) is 62.4 Å². The third-order valence-corrected chi connectivity index (χ3v) is 3.90. The second kappa shape index (κ2) is 8.87. The molecule has 126 valence electrons. The normalized spacial score (nSPS) is 10.2. The number of nitrogens with one attached hydrogen (secondary N) is 2. The summed E-state index contributed by atoms with van der Waals surface area (Å²) in [5.41, 5.74) is 4.07. The van der Waals surface area contributed by atoms with E-state index in [4.69, 9.17) is 0 Å². The van der Waals surface area contributed by atoms with Gasteiger partial charge in [-0.15, -0.1) is 0 Å². The molecule has 0 atom stereocenters. The van der Waals surface area contributed by atoms with E-state index >= 15 is 0 Å². The van der Waals surface area contributed by atoms with Crippen molar-refractivity contribution in [1.82, 2.24) is 5.32 Å². The largest absolute Gasteiger partial charge is 0.355 e. The van der Waals surface area contributed by atoms with Crippen molar-refractivity contribution in [1.29, 1.82) is 0 Å². The van der Waals surface area contributed by atoms with Crippen LogP contribution in [-0.4, -0.2) is 18.4 Å². The van der Waals surface area contributed by atoms with Gasteiger partial charge in [-0.25, -0.2) is 0 Å². The fourth-order valence-corrected chi connectivity index (χ4v) is 2.58. The van der Waals surface area contributed by atoms with E-state index in [-0.39, 0.29) is 18.2 Å². The summed E-state index contributed by atoms with van der Waals surface area (Å²) in [7, 11) is 0. The van der Waals surface area contributed by atoms with Crippen LogP contribution in [0.2, 0.25) is 0 Å². The molecule has 0 aliphatic rings. The first kappa shape index (κ1) is 17.7. The van der Waals surface area contributed by atoms with Crippen molar-refractivity contribution in [3.05, 3.63) is 65.2 Å². The molecule has 0 aromatic heterocycles. The highest BCUT2D eigenvalue weighted by Crippen LogP contribution is 2.21. The van der Waals surface area contributed by atoms with Crippen LogP contribution in [0.1, 0.15) is 30.0 Å². The van der Waals surface area contributed by atoms with Gasteiger partial charge in [0.25, 0.3) is 0 Å². The Morgan fingerprint density at radius 3 is 2.42 bits per heavy atom. The number of benzene rings is 2. The predicted molar refractivity (Wildman–Crippen MR) is 97.0 cm³/mol. The number of amides is 2. The van der Waals surface area contributed by atoms with E-state index in [9.17, 15) is 9.59 Å². The second-order valence-corrected chi connectivity index (χ2v) is 5.77. The molecule has 4 heteroatoms. The quantitative estimate of drug-likeness (QED) is 0.768. The molecule has 2 amide bonds. The van der Waals surface area contributed by atoms with Crippen molar-refractivity contribution >= 4 is 17.5 Å². The highest BCUT2D eigenvalue weighted by atomic mass is 16.2. The lowest BCUT2D eigenvalue weighted by atomic mass is 10.1. The summed E-state index contributed by atoms with van der Waals surface area (Å²) in [5, 5.41) is 5.66. The summed E-state index contributed by atoms with van der Waals surface area (Å²) in [6, 6.07) is 15.8. The summed E-state index contributed by atoms with van der Waals surface area (Å²) in [5.74, 6) is -0.536. The second-order valence-electron chi connectivity index (χ2n) is 5.77. The molecule has 2 aromatic rings. The molecule has 24 heavy (non-hydrogen) atoms. The lowest BCUT2D eigenvalue weighted by molar-refractivity contribution is -0.126. The molecule has 0 heterocycles. The number of aryl methyl sites for hydroxylation is 2. The van der Waals surface area contributed by atoms with Crippen molar-refractivity contribution in [2.75, 3.05) is 11.9 Å². The number of para-hydroxylation sites is 1. The van der Waals surface area contributed by atoms with E-state index in [1.165, 1.54) is 0 Å². The average Bonchev–Trinajstić information content (AvgIpc) is 2.57. The monoisotopic (exact) mass is 324 g/mol. The van der Waals surface area contributed by atoms with Gasteiger partial charge in [0, 0.05) is 12.2 Å². The maximum Gasteiger partial charge on any atom is 0.233 e. The van der Waals surface area contributed by atoms with Crippen LogP contribution in [0.4, 0.5) is 5.69 Å². The minimum atomic E-state index is -0.281. The Morgan fingerprint density at radius 2 is 1.71 bits per heavy atom. The molecule has 2 rings (SSSR count). The first-order valence-corrected chi connectivity index (χ1v) is 8.29. The molecule has 0 unspecified atom stereocenters. The van der Waals surface area contributed by atoms with Gasteiger partial charge in [-0.2, -0.15) is 0 Å². The predicted octanol–water partition coefficient (Wildman–Crippen LogP) is 3.24. The zero-order valence-corrected chi connectivity index (χ0v) is 14.3. The van der Waals surface area contributed by atoms with Gasteiger partial charge in [-0.1, -0.05) is 55.5 Å². The molecule has 0 saturated heterocycles. The summed E-state index contributed by atoms with van der Waals surface area (Å²) < 4.78 is 0. The summed E-state index contributed by atoms with van der Waals surface area (Å²) in [4.78, 5) is 24.0. The topological polar surface area (TPSA) is 58.2 Å². The fraction of sp³-hybridized carbons (Fsp3) is 0.300. The molecule has 4 nitrogen and oxygen atoms in total. The SMILES string of the molecule is CCc1cccc(C)c1NC(=O)CC(=O)NCCc1ccccc1. The number of rotatable bonds is 7. The summed E-state index contributed by atoms with van der Waals surface area (Å²) in [6.07, 6.45) is 1.43. The van der Waals surface area contributed by atoms with E-state index in [2.05, 4.69) is 10.6 Å². The average molecular weight is 324 g/mol. The minimum absolute atomic E-state index is 0.160. The van der Waals surface area contributed by atoms with Crippen LogP contribution in [0.15, 0.2) is 48.5 Å². The fourth-order valence-electron chi connectivity index (χ4n) is 2.58. The van der Waals surface area contributed by atoms with Crippen LogP contribution in [-0.2, 0) is 22.4 Å². The Balaban J connectivity index is 1.81. The first-order chi connectivity index (χ1) is 11.6. The molecule has 0 aliphatic carbocycles. The standard InChI is InChI=1S/C20H24N2O2/c1-3-17-11-7-8-15(2)20(17)22-19(24)14-18(23)21-13-12-16-9-5-4-6-10-16/h4-11H,3,12-14H2,1-2H3,(H,21,23)(H,22,24). The molecular weight excluding hydrogens is 300 g/mol. The Bertz CT molecular complexity index is 696. The first-order valence-electron chi connectivity index (χ1n) is 8.29. The maximum absolute atomic E-state index is 12.1. The van der Waals surface area contributed by atoms with E-state index < -0.39 is 0 Å². The molecule has 0 fully saturated rings. The van der Waals surface area contributed by atoms with Crippen LogP contribution >= 0.6 is 0 Å².